The average Bonchev–Trinajstić information content (AvgIpc) is 2.84. The molecule has 2 heteroatoms. The zero-order valence-electron chi connectivity index (χ0n) is 21.0. The molecule has 33 heavy (non-hydrogen) atoms. The minimum Gasteiger partial charge on any atom is -0.203 e. The van der Waals surface area contributed by atoms with Crippen LogP contribution in [0.1, 0.15) is 108 Å². The van der Waals surface area contributed by atoms with Gasteiger partial charge in [-0.05, 0) is 117 Å². The molecule has 0 saturated heterocycles. The Morgan fingerprint density at radius 2 is 1.27 bits per heavy atom. The third kappa shape index (κ3) is 6.29. The average molecular weight is 457 g/mol. The normalized spacial score (nSPS) is 32.3. The molecule has 3 saturated carbocycles. The molecule has 0 nitrogen and oxygen atoms in total. The highest BCUT2D eigenvalue weighted by molar-refractivity contribution is 5.27. The van der Waals surface area contributed by atoms with Crippen molar-refractivity contribution >= 4 is 0 Å². The number of allylic oxidation sites excluding steroid dienone is 1. The molecule has 0 bridgehead atoms. The van der Waals surface area contributed by atoms with Gasteiger partial charge in [-0.3, -0.25) is 0 Å². The van der Waals surface area contributed by atoms with Gasteiger partial charge >= 0.3 is 0 Å². The second kappa shape index (κ2) is 12.0. The van der Waals surface area contributed by atoms with Crippen LogP contribution in [0, 0.1) is 47.1 Å². The summed E-state index contributed by atoms with van der Waals surface area (Å²) in [5.74, 6) is 4.38. The summed E-state index contributed by atoms with van der Waals surface area (Å²) in [5.41, 5.74) is 1.04. The van der Waals surface area contributed by atoms with E-state index < -0.39 is 11.6 Å². The van der Waals surface area contributed by atoms with Crippen molar-refractivity contribution in [2.24, 2.45) is 35.5 Å². The van der Waals surface area contributed by atoms with E-state index in [9.17, 15) is 8.78 Å². The highest BCUT2D eigenvalue weighted by atomic mass is 19.2. The maximum Gasteiger partial charge on any atom is 0.162 e. The molecule has 3 fully saturated rings. The van der Waals surface area contributed by atoms with E-state index >= 15 is 0 Å². The van der Waals surface area contributed by atoms with E-state index in [1.807, 2.05) is 6.07 Å². The standard InChI is InChI=1S/C31H46F2/c1-3-5-7-25-16-17-26(31(33)30(25)32)14-10-22-8-12-24(13-9-22)28-19-18-27-20-23(6-4-2)11-15-29(27)21-28/h3,16-17,22-24,27-29H,1,4-15,18-21H2,2H3. The highest BCUT2D eigenvalue weighted by Crippen LogP contribution is 2.49. The molecule has 0 N–H and O–H groups in total. The summed E-state index contributed by atoms with van der Waals surface area (Å²) in [5, 5.41) is 0. The Labute approximate surface area is 201 Å². The van der Waals surface area contributed by atoms with Crippen molar-refractivity contribution < 1.29 is 8.78 Å². The van der Waals surface area contributed by atoms with Gasteiger partial charge in [0.05, 0.1) is 0 Å². The first kappa shape index (κ1) is 24.9. The highest BCUT2D eigenvalue weighted by Gasteiger charge is 2.38. The van der Waals surface area contributed by atoms with Crippen LogP contribution in [0.15, 0.2) is 24.8 Å². The van der Waals surface area contributed by atoms with E-state index in [0.717, 1.165) is 36.0 Å². The minimum absolute atomic E-state index is 0.477. The first-order chi connectivity index (χ1) is 16.1. The first-order valence-electron chi connectivity index (χ1n) is 14.2. The van der Waals surface area contributed by atoms with Crippen LogP contribution in [0.4, 0.5) is 8.78 Å². The number of hydrogen-bond acceptors (Lipinski definition) is 0. The Morgan fingerprint density at radius 3 is 1.94 bits per heavy atom. The van der Waals surface area contributed by atoms with E-state index in [4.69, 9.17) is 0 Å². The van der Waals surface area contributed by atoms with E-state index in [0.29, 0.717) is 36.3 Å². The number of rotatable bonds is 9. The zero-order chi connectivity index (χ0) is 23.2. The van der Waals surface area contributed by atoms with Crippen molar-refractivity contribution in [2.75, 3.05) is 0 Å². The fraction of sp³-hybridized carbons (Fsp3) is 0.742. The SMILES string of the molecule is C=CCCc1ccc(CCC2CCC(C3CCC4CC(CCC)CCC4C3)CC2)c(F)c1F. The van der Waals surface area contributed by atoms with Crippen LogP contribution < -0.4 is 0 Å². The molecule has 4 rings (SSSR count). The van der Waals surface area contributed by atoms with Crippen LogP contribution >= 0.6 is 0 Å². The quantitative estimate of drug-likeness (QED) is 0.325. The van der Waals surface area contributed by atoms with Crippen molar-refractivity contribution in [3.05, 3.63) is 47.5 Å². The molecule has 0 spiro atoms. The summed E-state index contributed by atoms with van der Waals surface area (Å²) in [6.07, 6.45) is 21.7. The molecular weight excluding hydrogens is 410 g/mol. The third-order valence-electron chi connectivity index (χ3n) is 9.70. The Hall–Kier alpha value is -1.18. The predicted molar refractivity (Wildman–Crippen MR) is 135 cm³/mol. The molecule has 1 aromatic rings. The Kier molecular flexibility index (Phi) is 9.05. The lowest BCUT2D eigenvalue weighted by molar-refractivity contribution is 0.0579. The minimum atomic E-state index is -0.641. The zero-order valence-corrected chi connectivity index (χ0v) is 21.0. The predicted octanol–water partition coefficient (Wildman–Crippen LogP) is 9.46. The van der Waals surface area contributed by atoms with Gasteiger partial charge in [0.1, 0.15) is 0 Å². The molecule has 0 aliphatic heterocycles. The maximum atomic E-state index is 14.6. The molecule has 4 unspecified atom stereocenters. The van der Waals surface area contributed by atoms with Gasteiger partial charge in [-0.15, -0.1) is 6.58 Å². The van der Waals surface area contributed by atoms with E-state index in [2.05, 4.69) is 13.5 Å². The molecular formula is C31H46F2. The van der Waals surface area contributed by atoms with Crippen LogP contribution in [0.5, 0.6) is 0 Å². The lowest BCUT2D eigenvalue weighted by Crippen LogP contribution is -2.34. The molecule has 184 valence electrons. The summed E-state index contributed by atoms with van der Waals surface area (Å²) in [6, 6.07) is 3.59. The van der Waals surface area contributed by atoms with Crippen molar-refractivity contribution in [1.29, 1.82) is 0 Å². The lowest BCUT2D eigenvalue weighted by Gasteiger charge is -2.45. The van der Waals surface area contributed by atoms with Gasteiger partial charge in [0.25, 0.3) is 0 Å². The molecule has 0 aromatic heterocycles. The second-order valence-corrected chi connectivity index (χ2v) is 11.7. The molecule has 3 aliphatic carbocycles. The molecule has 0 amide bonds. The fourth-order valence-corrected chi connectivity index (χ4v) is 7.70. The Morgan fingerprint density at radius 1 is 0.727 bits per heavy atom. The van der Waals surface area contributed by atoms with Crippen LogP contribution in [-0.2, 0) is 12.8 Å². The van der Waals surface area contributed by atoms with Gasteiger partial charge in [-0.2, -0.15) is 0 Å². The monoisotopic (exact) mass is 456 g/mol. The van der Waals surface area contributed by atoms with Crippen LogP contribution in [0.25, 0.3) is 0 Å². The number of halogens is 2. The van der Waals surface area contributed by atoms with Crippen LogP contribution in [0.2, 0.25) is 0 Å². The number of fused-ring (bicyclic) bond motifs is 1. The largest absolute Gasteiger partial charge is 0.203 e. The van der Waals surface area contributed by atoms with Gasteiger partial charge in [0.15, 0.2) is 11.6 Å². The van der Waals surface area contributed by atoms with Gasteiger partial charge in [0, 0.05) is 0 Å². The number of aryl methyl sites for hydroxylation is 2. The fourth-order valence-electron chi connectivity index (χ4n) is 7.70. The lowest BCUT2D eigenvalue weighted by atomic mass is 9.60. The van der Waals surface area contributed by atoms with Gasteiger partial charge in [-0.1, -0.05) is 57.2 Å². The summed E-state index contributed by atoms with van der Waals surface area (Å²) < 4.78 is 28.9. The summed E-state index contributed by atoms with van der Waals surface area (Å²) in [4.78, 5) is 0. The van der Waals surface area contributed by atoms with Gasteiger partial charge < -0.3 is 0 Å². The smallest absolute Gasteiger partial charge is 0.162 e. The molecule has 3 aliphatic rings. The van der Waals surface area contributed by atoms with E-state index in [-0.39, 0.29) is 0 Å². The second-order valence-electron chi connectivity index (χ2n) is 11.7. The maximum absolute atomic E-state index is 14.6. The molecule has 4 atom stereocenters. The van der Waals surface area contributed by atoms with Crippen molar-refractivity contribution in [2.45, 2.75) is 110 Å². The number of hydrogen-bond donors (Lipinski definition) is 0. The summed E-state index contributed by atoms with van der Waals surface area (Å²) in [6.45, 7) is 6.01. The molecule has 0 heterocycles. The number of benzene rings is 1. The third-order valence-corrected chi connectivity index (χ3v) is 9.70. The van der Waals surface area contributed by atoms with E-state index in [1.165, 1.54) is 77.0 Å². The topological polar surface area (TPSA) is 0 Å². The van der Waals surface area contributed by atoms with Crippen molar-refractivity contribution in [3.8, 4) is 0 Å². The molecule has 1 aromatic carbocycles. The van der Waals surface area contributed by atoms with Crippen molar-refractivity contribution in [3.63, 3.8) is 0 Å². The summed E-state index contributed by atoms with van der Waals surface area (Å²) in [7, 11) is 0. The van der Waals surface area contributed by atoms with Gasteiger partial charge in [0.2, 0.25) is 0 Å². The van der Waals surface area contributed by atoms with E-state index in [1.54, 1.807) is 12.1 Å². The van der Waals surface area contributed by atoms with Gasteiger partial charge in [-0.25, -0.2) is 8.78 Å². The first-order valence-corrected chi connectivity index (χ1v) is 14.2. The van der Waals surface area contributed by atoms with Crippen molar-refractivity contribution in [1.82, 2.24) is 0 Å². The Bertz CT molecular complexity index is 760. The Balaban J connectivity index is 1.21. The molecule has 0 radical (unpaired) electrons. The van der Waals surface area contributed by atoms with Crippen LogP contribution in [0.3, 0.4) is 0 Å². The summed E-state index contributed by atoms with van der Waals surface area (Å²) >= 11 is 0. The van der Waals surface area contributed by atoms with Crippen LogP contribution in [-0.4, -0.2) is 0 Å².